The van der Waals surface area contributed by atoms with Crippen molar-refractivity contribution in [3.63, 3.8) is 0 Å². The molecule has 18 heavy (non-hydrogen) atoms. The third-order valence-electron chi connectivity index (χ3n) is 2.65. The van der Waals surface area contributed by atoms with Gasteiger partial charge in [0, 0.05) is 12.4 Å². The van der Waals surface area contributed by atoms with Crippen molar-refractivity contribution in [1.82, 2.24) is 9.38 Å². The summed E-state index contributed by atoms with van der Waals surface area (Å²) in [6.45, 7) is 0. The van der Waals surface area contributed by atoms with Gasteiger partial charge < -0.3 is 15.6 Å². The van der Waals surface area contributed by atoms with Gasteiger partial charge in [-0.15, -0.1) is 0 Å². The van der Waals surface area contributed by atoms with Crippen LogP contribution in [-0.4, -0.2) is 14.5 Å². The second-order valence-electron chi connectivity index (χ2n) is 3.81. The molecule has 90 valence electrons. The first-order valence-electron chi connectivity index (χ1n) is 5.43. The van der Waals surface area contributed by atoms with E-state index in [0.29, 0.717) is 11.6 Å². The smallest absolute Gasteiger partial charge is 0.205 e. The number of rotatable bonds is 2. The molecule has 0 radical (unpaired) electrons. The molecule has 0 aliphatic carbocycles. The molecule has 2 heterocycles. The molecule has 0 saturated heterocycles. The Morgan fingerprint density at radius 3 is 2.89 bits per heavy atom. The first-order valence-corrected chi connectivity index (χ1v) is 5.43. The number of imidazole rings is 1. The predicted molar refractivity (Wildman–Crippen MR) is 67.8 cm³/mol. The fourth-order valence-corrected chi connectivity index (χ4v) is 1.74. The number of hydrogen-bond donors (Lipinski definition) is 2. The van der Waals surface area contributed by atoms with Gasteiger partial charge in [-0.2, -0.15) is 0 Å². The predicted octanol–water partition coefficient (Wildman–Crippen LogP) is 2.41. The number of pyridine rings is 1. The molecule has 0 amide bonds. The molecular weight excluding hydrogens is 230 g/mol. The standard InChI is InChI=1S/C13H11N3O2/c14-13-9(17)3-1-4-10(13)18-12-6-2-5-11-15-7-8-16(11)12/h1-8,17H,14H2. The zero-order chi connectivity index (χ0) is 12.5. The molecule has 0 aliphatic rings. The van der Waals surface area contributed by atoms with Crippen LogP contribution in [0.1, 0.15) is 0 Å². The van der Waals surface area contributed by atoms with Gasteiger partial charge in [0.05, 0.1) is 0 Å². The number of para-hydroxylation sites is 1. The maximum atomic E-state index is 9.53. The minimum absolute atomic E-state index is 0.00491. The zero-order valence-electron chi connectivity index (χ0n) is 9.45. The van der Waals surface area contributed by atoms with Gasteiger partial charge in [-0.1, -0.05) is 12.1 Å². The van der Waals surface area contributed by atoms with Crippen molar-refractivity contribution >= 4 is 11.3 Å². The number of fused-ring (bicyclic) bond motifs is 1. The minimum atomic E-state index is 0.00491. The largest absolute Gasteiger partial charge is 0.506 e. The van der Waals surface area contributed by atoms with Gasteiger partial charge in [0.15, 0.2) is 5.75 Å². The lowest BCUT2D eigenvalue weighted by atomic mass is 10.3. The van der Waals surface area contributed by atoms with Crippen molar-refractivity contribution < 1.29 is 9.84 Å². The Labute approximate surface area is 103 Å². The Bertz CT molecular complexity index is 706. The van der Waals surface area contributed by atoms with E-state index in [2.05, 4.69) is 4.98 Å². The molecule has 3 aromatic rings. The number of aromatic hydroxyl groups is 1. The van der Waals surface area contributed by atoms with Crippen molar-refractivity contribution in [3.05, 3.63) is 48.8 Å². The van der Waals surface area contributed by atoms with Gasteiger partial charge >= 0.3 is 0 Å². The lowest BCUT2D eigenvalue weighted by molar-refractivity contribution is 0.445. The summed E-state index contributed by atoms with van der Waals surface area (Å²) in [5.41, 5.74) is 6.75. The molecule has 0 unspecified atom stereocenters. The summed E-state index contributed by atoms with van der Waals surface area (Å²) in [7, 11) is 0. The van der Waals surface area contributed by atoms with Gasteiger partial charge in [0.1, 0.15) is 17.1 Å². The molecular formula is C13H11N3O2. The van der Waals surface area contributed by atoms with Crippen molar-refractivity contribution in [3.8, 4) is 17.4 Å². The average Bonchev–Trinajstić information content (AvgIpc) is 2.84. The highest BCUT2D eigenvalue weighted by Gasteiger charge is 2.08. The molecule has 2 aromatic heterocycles. The van der Waals surface area contributed by atoms with Crippen LogP contribution in [0.4, 0.5) is 5.69 Å². The number of phenolic OH excluding ortho intramolecular Hbond substituents is 1. The highest BCUT2D eigenvalue weighted by molar-refractivity contribution is 5.62. The Balaban J connectivity index is 2.06. The molecule has 1 aromatic carbocycles. The van der Waals surface area contributed by atoms with E-state index in [-0.39, 0.29) is 11.4 Å². The molecule has 0 spiro atoms. The summed E-state index contributed by atoms with van der Waals surface area (Å²) in [6.07, 6.45) is 3.48. The first-order chi connectivity index (χ1) is 8.75. The van der Waals surface area contributed by atoms with Crippen molar-refractivity contribution in [2.45, 2.75) is 0 Å². The van der Waals surface area contributed by atoms with E-state index in [4.69, 9.17) is 10.5 Å². The van der Waals surface area contributed by atoms with Crippen molar-refractivity contribution in [1.29, 1.82) is 0 Å². The molecule has 0 atom stereocenters. The van der Waals surface area contributed by atoms with Crippen LogP contribution in [-0.2, 0) is 0 Å². The number of nitrogens with two attached hydrogens (primary N) is 1. The van der Waals surface area contributed by atoms with Crippen LogP contribution in [0, 0.1) is 0 Å². The van der Waals surface area contributed by atoms with Crippen LogP contribution in [0.15, 0.2) is 48.8 Å². The number of hydrogen-bond acceptors (Lipinski definition) is 4. The Kier molecular flexibility index (Phi) is 2.30. The van der Waals surface area contributed by atoms with Gasteiger partial charge in [-0.25, -0.2) is 4.98 Å². The Morgan fingerprint density at radius 1 is 1.17 bits per heavy atom. The number of benzene rings is 1. The van der Waals surface area contributed by atoms with Gasteiger partial charge in [-0.3, -0.25) is 4.40 Å². The minimum Gasteiger partial charge on any atom is -0.506 e. The molecule has 3 N–H and O–H groups in total. The summed E-state index contributed by atoms with van der Waals surface area (Å²) in [5.74, 6) is 1.00. The maximum absolute atomic E-state index is 9.53. The normalized spacial score (nSPS) is 10.7. The second-order valence-corrected chi connectivity index (χ2v) is 3.81. The zero-order valence-corrected chi connectivity index (χ0v) is 9.45. The van der Waals surface area contributed by atoms with Crippen LogP contribution in [0.25, 0.3) is 5.65 Å². The molecule has 0 bridgehead atoms. The quantitative estimate of drug-likeness (QED) is 0.533. The topological polar surface area (TPSA) is 72.8 Å². The van der Waals surface area contributed by atoms with E-state index in [9.17, 15) is 5.11 Å². The van der Waals surface area contributed by atoms with Crippen molar-refractivity contribution in [2.24, 2.45) is 0 Å². The third kappa shape index (κ3) is 1.62. The summed E-state index contributed by atoms with van der Waals surface area (Å²) < 4.78 is 7.49. The molecule has 0 saturated carbocycles. The highest BCUT2D eigenvalue weighted by Crippen LogP contribution is 2.33. The van der Waals surface area contributed by atoms with Gasteiger partial charge in [0.25, 0.3) is 0 Å². The summed E-state index contributed by atoms with van der Waals surface area (Å²) in [6, 6.07) is 10.4. The lowest BCUT2D eigenvalue weighted by Crippen LogP contribution is -1.96. The third-order valence-corrected chi connectivity index (χ3v) is 2.65. The number of aromatic nitrogens is 2. The number of nitrogen functional groups attached to an aromatic ring is 1. The number of nitrogens with zero attached hydrogens (tertiary/aromatic N) is 2. The lowest BCUT2D eigenvalue weighted by Gasteiger charge is -2.10. The van der Waals surface area contributed by atoms with E-state index < -0.39 is 0 Å². The highest BCUT2D eigenvalue weighted by atomic mass is 16.5. The fourth-order valence-electron chi connectivity index (χ4n) is 1.74. The summed E-state index contributed by atoms with van der Waals surface area (Å²) in [4.78, 5) is 4.16. The molecule has 0 fully saturated rings. The average molecular weight is 241 g/mol. The Morgan fingerprint density at radius 2 is 2.00 bits per heavy atom. The van der Waals surface area contributed by atoms with E-state index in [0.717, 1.165) is 5.65 Å². The SMILES string of the molecule is Nc1c(O)cccc1Oc1cccc2nccn12. The fraction of sp³-hybridized carbons (Fsp3) is 0. The van der Waals surface area contributed by atoms with Crippen LogP contribution < -0.4 is 10.5 Å². The maximum Gasteiger partial charge on any atom is 0.205 e. The second kappa shape index (κ2) is 3.96. The molecule has 5 heteroatoms. The monoisotopic (exact) mass is 241 g/mol. The molecule has 3 rings (SSSR count). The Hall–Kier alpha value is -2.69. The van der Waals surface area contributed by atoms with E-state index >= 15 is 0 Å². The van der Waals surface area contributed by atoms with Crippen molar-refractivity contribution in [2.75, 3.05) is 5.73 Å². The number of phenols is 1. The van der Waals surface area contributed by atoms with E-state index in [1.54, 1.807) is 35.0 Å². The van der Waals surface area contributed by atoms with Gasteiger partial charge in [0.2, 0.25) is 5.88 Å². The molecule has 5 nitrogen and oxygen atoms in total. The van der Waals surface area contributed by atoms with Crippen LogP contribution in [0.3, 0.4) is 0 Å². The van der Waals surface area contributed by atoms with Gasteiger partial charge in [-0.05, 0) is 24.3 Å². The number of ether oxygens (including phenoxy) is 1. The summed E-state index contributed by atoms with van der Waals surface area (Å²) >= 11 is 0. The first kappa shape index (κ1) is 10.5. The van der Waals surface area contributed by atoms with Crippen LogP contribution in [0.2, 0.25) is 0 Å². The number of anilines is 1. The summed E-state index contributed by atoms with van der Waals surface area (Å²) in [5, 5.41) is 9.53. The molecule has 0 aliphatic heterocycles. The van der Waals surface area contributed by atoms with E-state index in [1.165, 1.54) is 6.07 Å². The van der Waals surface area contributed by atoms with E-state index in [1.807, 2.05) is 12.1 Å². The van der Waals surface area contributed by atoms with Crippen LogP contribution in [0.5, 0.6) is 17.4 Å². The van der Waals surface area contributed by atoms with Crippen LogP contribution >= 0.6 is 0 Å².